The number of carbonyl (C=O) groups excluding carboxylic acids is 2. The Bertz CT molecular complexity index is 134. The molecule has 0 heterocycles. The van der Waals surface area contributed by atoms with Gasteiger partial charge in [0.05, 0.1) is 0 Å². The first-order valence-corrected chi connectivity index (χ1v) is 4.04. The average Bonchev–Trinajstić information content (AvgIpc) is 2.03. The number of hydrogen-bond acceptors (Lipinski definition) is 2. The van der Waals surface area contributed by atoms with Gasteiger partial charge in [-0.15, -0.1) is 0 Å². The molecule has 11 heavy (non-hydrogen) atoms. The van der Waals surface area contributed by atoms with Crippen molar-refractivity contribution in [1.29, 1.82) is 0 Å². The summed E-state index contributed by atoms with van der Waals surface area (Å²) in [6, 6.07) is 0. The maximum Gasteiger partial charge on any atom is 0.120 e. The maximum atomic E-state index is 9.88. The molecular weight excluding hydrogens is 140 g/mol. The van der Waals surface area contributed by atoms with E-state index in [9.17, 15) is 9.59 Å². The van der Waals surface area contributed by atoms with Crippen LogP contribution in [-0.2, 0) is 9.59 Å². The van der Waals surface area contributed by atoms with Crippen LogP contribution in [-0.4, -0.2) is 12.2 Å². The van der Waals surface area contributed by atoms with Crippen LogP contribution < -0.4 is 0 Å². The molecule has 0 atom stereocenters. The normalized spacial score (nSPS) is 8.73. The van der Waals surface area contributed by atoms with Crippen LogP contribution in [0.25, 0.3) is 0 Å². The zero-order valence-electron chi connectivity index (χ0n) is 6.71. The lowest BCUT2D eigenvalue weighted by Gasteiger charge is -1.93. The molecule has 0 radical (unpaired) electrons. The maximum absolute atomic E-state index is 9.88. The summed E-state index contributed by atoms with van der Waals surface area (Å²) in [4.78, 5) is 19.6. The highest BCUT2D eigenvalue weighted by Crippen LogP contribution is 2.03. The number of rotatable bonds is 7. The van der Waals surface area contributed by atoms with Crippen LogP contribution in [0, 0.1) is 0 Å². The molecule has 0 aliphatic heterocycles. The minimum Gasteiger partial charge on any atom is -0.303 e. The molecule has 0 aromatic carbocycles. The fourth-order valence-electron chi connectivity index (χ4n) is 0.887. The molecule has 0 N–H and O–H groups in total. The van der Waals surface area contributed by atoms with Crippen LogP contribution in [0.15, 0.2) is 6.08 Å². The van der Waals surface area contributed by atoms with E-state index >= 15 is 0 Å². The Labute approximate surface area is 67.3 Å². The van der Waals surface area contributed by atoms with Gasteiger partial charge in [-0.2, -0.15) is 0 Å². The molecule has 0 saturated carbocycles. The van der Waals surface area contributed by atoms with Gasteiger partial charge >= 0.3 is 0 Å². The van der Waals surface area contributed by atoms with Crippen molar-refractivity contribution < 1.29 is 9.59 Å². The Morgan fingerprint density at radius 2 is 1.64 bits per heavy atom. The molecule has 0 aliphatic carbocycles. The third kappa shape index (κ3) is 9.12. The summed E-state index contributed by atoms with van der Waals surface area (Å²) in [5.74, 6) is 1.74. The van der Waals surface area contributed by atoms with Crippen LogP contribution in [0.2, 0.25) is 0 Å². The first kappa shape index (κ1) is 10.1. The van der Waals surface area contributed by atoms with Crippen molar-refractivity contribution in [2.75, 3.05) is 0 Å². The molecular formula is C9H14O2. The Kier molecular flexibility index (Phi) is 8.39. The predicted octanol–water partition coefficient (Wildman–Crippen LogP) is 1.91. The van der Waals surface area contributed by atoms with Gasteiger partial charge in [-0.05, 0) is 25.3 Å². The Balaban J connectivity index is 2.90. The minimum absolute atomic E-state index is 0.670. The molecule has 62 valence electrons. The molecule has 2 heteroatoms. The van der Waals surface area contributed by atoms with Crippen molar-refractivity contribution in [1.82, 2.24) is 0 Å². The Morgan fingerprint density at radius 3 is 2.18 bits per heavy atom. The smallest absolute Gasteiger partial charge is 0.120 e. The largest absolute Gasteiger partial charge is 0.303 e. The van der Waals surface area contributed by atoms with Gasteiger partial charge in [0.1, 0.15) is 12.2 Å². The van der Waals surface area contributed by atoms with Crippen LogP contribution in [0.5, 0.6) is 0 Å². The molecule has 0 spiro atoms. The summed E-state index contributed by atoms with van der Waals surface area (Å²) in [5, 5.41) is 0. The molecule has 0 saturated heterocycles. The fourth-order valence-corrected chi connectivity index (χ4v) is 0.887. The summed E-state index contributed by atoms with van der Waals surface area (Å²) in [6.45, 7) is 0. The number of unbranched alkanes of at least 4 members (excludes halogenated alkanes) is 5. The molecule has 0 fully saturated rings. The van der Waals surface area contributed by atoms with E-state index in [1.807, 2.05) is 0 Å². The molecule has 0 amide bonds. The van der Waals surface area contributed by atoms with E-state index in [0.29, 0.717) is 6.42 Å². The quantitative estimate of drug-likeness (QED) is 0.319. The van der Waals surface area contributed by atoms with Gasteiger partial charge in [0.15, 0.2) is 0 Å². The fraction of sp³-hybridized carbons (Fsp3) is 0.667. The van der Waals surface area contributed by atoms with Crippen molar-refractivity contribution >= 4 is 12.2 Å². The number of hydrogen-bond donors (Lipinski definition) is 0. The summed E-state index contributed by atoms with van der Waals surface area (Å²) in [6.07, 6.45) is 8.17. The van der Waals surface area contributed by atoms with Crippen LogP contribution in [0.4, 0.5) is 0 Å². The van der Waals surface area contributed by atoms with Crippen molar-refractivity contribution in [2.24, 2.45) is 0 Å². The summed E-state index contributed by atoms with van der Waals surface area (Å²) in [7, 11) is 0. The molecule has 0 aliphatic rings. The second-order valence-electron chi connectivity index (χ2n) is 2.48. The van der Waals surface area contributed by atoms with Gasteiger partial charge in [0.2, 0.25) is 0 Å². The van der Waals surface area contributed by atoms with Crippen molar-refractivity contribution in [3.05, 3.63) is 6.08 Å². The highest BCUT2D eigenvalue weighted by Gasteiger charge is 1.87. The van der Waals surface area contributed by atoms with E-state index in [2.05, 4.69) is 0 Å². The zero-order chi connectivity index (χ0) is 8.36. The van der Waals surface area contributed by atoms with E-state index < -0.39 is 0 Å². The van der Waals surface area contributed by atoms with Crippen molar-refractivity contribution in [2.45, 2.75) is 38.5 Å². The van der Waals surface area contributed by atoms with Crippen molar-refractivity contribution in [3.63, 3.8) is 0 Å². The molecule has 2 nitrogen and oxygen atoms in total. The second kappa shape index (κ2) is 9.12. The molecule has 0 rings (SSSR count). The first-order valence-electron chi connectivity index (χ1n) is 4.04. The van der Waals surface area contributed by atoms with E-state index in [0.717, 1.165) is 38.4 Å². The summed E-state index contributed by atoms with van der Waals surface area (Å²) in [5.41, 5.74) is 0. The lowest BCUT2D eigenvalue weighted by atomic mass is 10.1. The van der Waals surface area contributed by atoms with Gasteiger partial charge in [-0.3, -0.25) is 0 Å². The molecule has 0 unspecified atom stereocenters. The Morgan fingerprint density at radius 1 is 1.00 bits per heavy atom. The molecule has 0 aromatic rings. The lowest BCUT2D eigenvalue weighted by Crippen LogP contribution is -1.78. The van der Waals surface area contributed by atoms with E-state index in [1.54, 1.807) is 5.94 Å². The zero-order valence-corrected chi connectivity index (χ0v) is 6.71. The highest BCUT2D eigenvalue weighted by atomic mass is 16.1. The highest BCUT2D eigenvalue weighted by molar-refractivity contribution is 5.48. The SMILES string of the molecule is O=C=CCCCCCCC=O. The minimum atomic E-state index is 0.670. The van der Waals surface area contributed by atoms with Crippen LogP contribution >= 0.6 is 0 Å². The van der Waals surface area contributed by atoms with Crippen LogP contribution in [0.3, 0.4) is 0 Å². The standard InChI is InChI=1S/C9H14O2/c10-8-6-4-2-1-3-5-7-9-11/h6,9H,1-5,7H2. The van der Waals surface area contributed by atoms with Gasteiger partial charge in [-0.1, -0.05) is 12.8 Å². The number of carbonyl (C=O) groups is 1. The average molecular weight is 154 g/mol. The summed E-state index contributed by atoms with van der Waals surface area (Å²) < 4.78 is 0. The van der Waals surface area contributed by atoms with E-state index in [4.69, 9.17) is 0 Å². The monoisotopic (exact) mass is 154 g/mol. The first-order chi connectivity index (χ1) is 5.41. The van der Waals surface area contributed by atoms with Gasteiger partial charge in [-0.25, -0.2) is 4.79 Å². The topological polar surface area (TPSA) is 34.1 Å². The molecule has 0 bridgehead atoms. The van der Waals surface area contributed by atoms with E-state index in [-0.39, 0.29) is 0 Å². The third-order valence-electron chi connectivity index (χ3n) is 1.50. The van der Waals surface area contributed by atoms with Crippen molar-refractivity contribution in [3.8, 4) is 0 Å². The third-order valence-corrected chi connectivity index (χ3v) is 1.50. The van der Waals surface area contributed by atoms with Gasteiger partial charge < -0.3 is 4.79 Å². The second-order valence-corrected chi connectivity index (χ2v) is 2.48. The van der Waals surface area contributed by atoms with Gasteiger partial charge in [0.25, 0.3) is 0 Å². The Hall–Kier alpha value is -0.880. The number of allylic oxidation sites excluding steroid dienone is 1. The molecule has 0 aromatic heterocycles. The summed E-state index contributed by atoms with van der Waals surface area (Å²) >= 11 is 0. The van der Waals surface area contributed by atoms with Gasteiger partial charge in [0, 0.05) is 6.42 Å². The lowest BCUT2D eigenvalue weighted by molar-refractivity contribution is -0.107. The predicted molar refractivity (Wildman–Crippen MR) is 44.0 cm³/mol. The number of aldehydes is 1. The van der Waals surface area contributed by atoms with E-state index in [1.165, 1.54) is 6.08 Å². The van der Waals surface area contributed by atoms with Crippen LogP contribution in [0.1, 0.15) is 38.5 Å².